The standard InChI is InChI=1S/C35H21N5O/c1-2-5-22(6-3-1)23-8-11-27-26-12-9-24(20-29(26)34-37-16-18-40(34)32(27)19-23)41-25-10-13-28-30(21-25)35-38-15-17-39(35)31-7-4-14-36-33(28)31/h1-21H. The molecular weight excluding hydrogens is 506 g/mol. The van der Waals surface area contributed by atoms with Crippen molar-refractivity contribution in [3.05, 3.63) is 128 Å². The molecule has 9 rings (SSSR count). The summed E-state index contributed by atoms with van der Waals surface area (Å²) in [5, 5.41) is 5.39. The first-order valence-corrected chi connectivity index (χ1v) is 13.5. The number of benzene rings is 4. The lowest BCUT2D eigenvalue weighted by molar-refractivity contribution is 0.484. The predicted molar refractivity (Wildman–Crippen MR) is 164 cm³/mol. The van der Waals surface area contributed by atoms with Gasteiger partial charge in [-0.15, -0.1) is 0 Å². The van der Waals surface area contributed by atoms with E-state index < -0.39 is 0 Å². The summed E-state index contributed by atoms with van der Waals surface area (Å²) in [5.74, 6) is 1.49. The maximum Gasteiger partial charge on any atom is 0.145 e. The molecule has 0 saturated carbocycles. The second-order valence-electron chi connectivity index (χ2n) is 10.2. The van der Waals surface area contributed by atoms with E-state index in [0.29, 0.717) is 0 Å². The zero-order valence-corrected chi connectivity index (χ0v) is 21.8. The van der Waals surface area contributed by atoms with Gasteiger partial charge in [0.25, 0.3) is 0 Å². The normalized spacial score (nSPS) is 11.9. The molecule has 41 heavy (non-hydrogen) atoms. The zero-order valence-electron chi connectivity index (χ0n) is 21.8. The van der Waals surface area contributed by atoms with Gasteiger partial charge in [0.2, 0.25) is 0 Å². The van der Waals surface area contributed by atoms with Crippen molar-refractivity contribution in [2.75, 3.05) is 0 Å². The van der Waals surface area contributed by atoms with E-state index in [1.807, 2.05) is 61.3 Å². The number of nitrogens with zero attached hydrogens (tertiary/aromatic N) is 5. The van der Waals surface area contributed by atoms with Crippen molar-refractivity contribution in [3.63, 3.8) is 0 Å². The average Bonchev–Trinajstić information content (AvgIpc) is 3.73. The Morgan fingerprint density at radius 3 is 1.93 bits per heavy atom. The Morgan fingerprint density at radius 1 is 0.463 bits per heavy atom. The lowest BCUT2D eigenvalue weighted by Crippen LogP contribution is -1.94. The van der Waals surface area contributed by atoms with Crippen LogP contribution in [0.5, 0.6) is 11.5 Å². The second-order valence-corrected chi connectivity index (χ2v) is 10.2. The fourth-order valence-corrected chi connectivity index (χ4v) is 6.08. The summed E-state index contributed by atoms with van der Waals surface area (Å²) < 4.78 is 10.7. The molecule has 0 spiro atoms. The Balaban J connectivity index is 1.18. The van der Waals surface area contributed by atoms with Crippen LogP contribution in [-0.4, -0.2) is 23.8 Å². The first-order valence-electron chi connectivity index (χ1n) is 13.5. The van der Waals surface area contributed by atoms with Gasteiger partial charge in [-0.2, -0.15) is 0 Å². The van der Waals surface area contributed by atoms with Crippen LogP contribution in [0.4, 0.5) is 0 Å². The summed E-state index contributed by atoms with van der Waals surface area (Å²) in [7, 11) is 0. The minimum Gasteiger partial charge on any atom is -0.457 e. The number of rotatable bonds is 3. The van der Waals surface area contributed by atoms with Gasteiger partial charge < -0.3 is 4.74 Å². The van der Waals surface area contributed by atoms with Crippen LogP contribution >= 0.6 is 0 Å². The van der Waals surface area contributed by atoms with Crippen molar-refractivity contribution >= 4 is 54.8 Å². The molecule has 5 heterocycles. The highest BCUT2D eigenvalue weighted by Gasteiger charge is 2.14. The molecule has 0 aliphatic carbocycles. The second kappa shape index (κ2) is 8.37. The summed E-state index contributed by atoms with van der Waals surface area (Å²) in [6, 6.07) is 33.5. The van der Waals surface area contributed by atoms with Crippen molar-refractivity contribution in [2.24, 2.45) is 0 Å². The molecule has 5 aromatic heterocycles. The number of ether oxygens (including phenoxy) is 1. The summed E-state index contributed by atoms with van der Waals surface area (Å²) in [5.41, 5.74) is 7.25. The quantitative estimate of drug-likeness (QED) is 0.216. The molecular formula is C35H21N5O. The summed E-state index contributed by atoms with van der Waals surface area (Å²) in [6.45, 7) is 0. The molecule has 6 nitrogen and oxygen atoms in total. The molecule has 0 N–H and O–H groups in total. The predicted octanol–water partition coefficient (Wildman–Crippen LogP) is 8.45. The first kappa shape index (κ1) is 22.1. The highest BCUT2D eigenvalue weighted by molar-refractivity contribution is 6.13. The van der Waals surface area contributed by atoms with Gasteiger partial charge in [0.15, 0.2) is 0 Å². The van der Waals surface area contributed by atoms with E-state index in [9.17, 15) is 0 Å². The van der Waals surface area contributed by atoms with E-state index in [1.165, 1.54) is 16.5 Å². The van der Waals surface area contributed by atoms with E-state index in [-0.39, 0.29) is 0 Å². The Bertz CT molecular complexity index is 2460. The van der Waals surface area contributed by atoms with Crippen molar-refractivity contribution in [1.29, 1.82) is 0 Å². The lowest BCUT2D eigenvalue weighted by Gasteiger charge is -2.13. The molecule has 0 saturated heterocycles. The Kier molecular flexibility index (Phi) is 4.51. The number of aromatic nitrogens is 5. The highest BCUT2D eigenvalue weighted by Crippen LogP contribution is 2.36. The number of fused-ring (bicyclic) bond motifs is 12. The first-order chi connectivity index (χ1) is 20.3. The van der Waals surface area contributed by atoms with Crippen LogP contribution < -0.4 is 4.74 Å². The maximum atomic E-state index is 6.45. The van der Waals surface area contributed by atoms with Gasteiger partial charge in [0.05, 0.1) is 16.6 Å². The van der Waals surface area contributed by atoms with E-state index >= 15 is 0 Å². The molecule has 0 bridgehead atoms. The minimum absolute atomic E-state index is 0.740. The minimum atomic E-state index is 0.740. The lowest BCUT2D eigenvalue weighted by atomic mass is 10.0. The third kappa shape index (κ3) is 3.28. The van der Waals surface area contributed by atoms with Gasteiger partial charge in [-0.05, 0) is 71.1 Å². The van der Waals surface area contributed by atoms with Crippen LogP contribution in [0.3, 0.4) is 0 Å². The van der Waals surface area contributed by atoms with E-state index in [1.54, 1.807) is 0 Å². The maximum absolute atomic E-state index is 6.45. The van der Waals surface area contributed by atoms with Gasteiger partial charge in [0, 0.05) is 52.5 Å². The molecule has 0 amide bonds. The largest absolute Gasteiger partial charge is 0.457 e. The molecule has 6 heteroatoms. The van der Waals surface area contributed by atoms with E-state index in [0.717, 1.165) is 60.9 Å². The van der Waals surface area contributed by atoms with Crippen LogP contribution in [0, 0.1) is 0 Å². The molecule has 9 aromatic rings. The monoisotopic (exact) mass is 527 g/mol. The van der Waals surface area contributed by atoms with Crippen LogP contribution in [0.15, 0.2) is 128 Å². The van der Waals surface area contributed by atoms with Gasteiger partial charge in [-0.25, -0.2) is 9.97 Å². The zero-order chi connectivity index (χ0) is 26.9. The highest BCUT2D eigenvalue weighted by atomic mass is 16.5. The van der Waals surface area contributed by atoms with Crippen molar-refractivity contribution in [3.8, 4) is 22.6 Å². The third-order valence-corrected chi connectivity index (χ3v) is 7.94. The fraction of sp³-hybridized carbons (Fsp3) is 0. The van der Waals surface area contributed by atoms with Crippen molar-refractivity contribution < 1.29 is 4.74 Å². The molecule has 0 aliphatic heterocycles. The van der Waals surface area contributed by atoms with Crippen LogP contribution in [-0.2, 0) is 0 Å². The summed E-state index contributed by atoms with van der Waals surface area (Å²) >= 11 is 0. The molecule has 4 aromatic carbocycles. The van der Waals surface area contributed by atoms with Crippen LogP contribution in [0.2, 0.25) is 0 Å². The van der Waals surface area contributed by atoms with E-state index in [4.69, 9.17) is 9.72 Å². The van der Waals surface area contributed by atoms with Crippen LogP contribution in [0.25, 0.3) is 65.9 Å². The smallest absolute Gasteiger partial charge is 0.145 e. The number of hydrogen-bond donors (Lipinski definition) is 0. The topological polar surface area (TPSA) is 56.7 Å². The molecule has 192 valence electrons. The summed E-state index contributed by atoms with van der Waals surface area (Å²) in [6.07, 6.45) is 9.50. The molecule has 0 aliphatic rings. The van der Waals surface area contributed by atoms with Crippen molar-refractivity contribution in [2.45, 2.75) is 0 Å². The molecule has 0 unspecified atom stereocenters. The van der Waals surface area contributed by atoms with Gasteiger partial charge in [-0.1, -0.05) is 42.5 Å². The molecule has 0 atom stereocenters. The Morgan fingerprint density at radius 2 is 1.15 bits per heavy atom. The molecule has 0 fully saturated rings. The third-order valence-electron chi connectivity index (χ3n) is 7.94. The summed E-state index contributed by atoms with van der Waals surface area (Å²) in [4.78, 5) is 14.0. The van der Waals surface area contributed by atoms with Gasteiger partial charge >= 0.3 is 0 Å². The Labute approximate surface area is 233 Å². The van der Waals surface area contributed by atoms with Crippen molar-refractivity contribution in [1.82, 2.24) is 23.8 Å². The SMILES string of the molecule is c1ccc(-c2ccc3c4ccc(Oc5ccc6c(c5)c5nccn5c5cccnc65)cc4c4nccn4c3c2)cc1. The number of imidazole rings is 2. The van der Waals surface area contributed by atoms with Gasteiger partial charge in [-0.3, -0.25) is 13.8 Å². The number of pyridine rings is 3. The molecule has 0 radical (unpaired) electrons. The number of hydrogen-bond acceptors (Lipinski definition) is 4. The average molecular weight is 528 g/mol. The fourth-order valence-electron chi connectivity index (χ4n) is 6.08. The Hall–Kier alpha value is -5.75. The van der Waals surface area contributed by atoms with E-state index in [2.05, 4.69) is 85.5 Å². The van der Waals surface area contributed by atoms with Gasteiger partial charge in [0.1, 0.15) is 22.8 Å². The van der Waals surface area contributed by atoms with Crippen LogP contribution in [0.1, 0.15) is 0 Å².